The molecule has 16 heavy (non-hydrogen) atoms. The topological polar surface area (TPSA) is 52.0 Å². The number of aromatic nitrogens is 1. The molecule has 1 fully saturated rings. The van der Waals surface area contributed by atoms with Gasteiger partial charge in [0.1, 0.15) is 6.07 Å². The fourth-order valence-electron chi connectivity index (χ4n) is 2.32. The van der Waals surface area contributed by atoms with E-state index in [2.05, 4.69) is 21.3 Å². The fourth-order valence-corrected chi connectivity index (χ4v) is 2.32. The third kappa shape index (κ3) is 2.00. The predicted octanol–water partition coefficient (Wildman–Crippen LogP) is 1.14. The standard InChI is InChI=1S/C12H16N4/c1-14-9-10-4-3-7-16(10)12-5-2-6-15-11(12)8-13/h2,5-6,10,14H,3-4,7,9H2,1H3. The molecule has 0 spiro atoms. The SMILES string of the molecule is CNCC1CCCN1c1cccnc1C#N. The first-order valence-corrected chi connectivity index (χ1v) is 5.63. The summed E-state index contributed by atoms with van der Waals surface area (Å²) in [5.74, 6) is 0. The molecule has 0 aromatic carbocycles. The number of nitrogens with one attached hydrogen (secondary N) is 1. The van der Waals surface area contributed by atoms with E-state index in [1.54, 1.807) is 6.20 Å². The first kappa shape index (κ1) is 10.9. The number of hydrogen-bond donors (Lipinski definition) is 1. The summed E-state index contributed by atoms with van der Waals surface area (Å²) in [5.41, 5.74) is 1.51. The van der Waals surface area contributed by atoms with Crippen molar-refractivity contribution in [1.29, 1.82) is 5.26 Å². The van der Waals surface area contributed by atoms with Gasteiger partial charge in [0.25, 0.3) is 0 Å². The van der Waals surface area contributed by atoms with Gasteiger partial charge < -0.3 is 10.2 Å². The van der Waals surface area contributed by atoms with E-state index in [1.807, 2.05) is 19.2 Å². The molecule has 84 valence electrons. The molecule has 1 unspecified atom stereocenters. The summed E-state index contributed by atoms with van der Waals surface area (Å²) >= 11 is 0. The number of anilines is 1. The Labute approximate surface area is 95.9 Å². The maximum absolute atomic E-state index is 9.04. The highest BCUT2D eigenvalue weighted by Crippen LogP contribution is 2.26. The quantitative estimate of drug-likeness (QED) is 0.823. The molecule has 0 aliphatic carbocycles. The van der Waals surface area contributed by atoms with Crippen LogP contribution in [-0.2, 0) is 0 Å². The van der Waals surface area contributed by atoms with Gasteiger partial charge in [0.15, 0.2) is 5.69 Å². The lowest BCUT2D eigenvalue weighted by molar-refractivity contribution is 0.614. The molecule has 1 aromatic heterocycles. The average Bonchev–Trinajstić information content (AvgIpc) is 2.77. The van der Waals surface area contributed by atoms with Gasteiger partial charge >= 0.3 is 0 Å². The minimum Gasteiger partial charge on any atom is -0.365 e. The van der Waals surface area contributed by atoms with E-state index in [4.69, 9.17) is 5.26 Å². The van der Waals surface area contributed by atoms with Crippen LogP contribution >= 0.6 is 0 Å². The van der Waals surface area contributed by atoms with Gasteiger partial charge in [-0.2, -0.15) is 5.26 Å². The van der Waals surface area contributed by atoms with Crippen LogP contribution in [0.15, 0.2) is 18.3 Å². The molecule has 1 atom stereocenters. The van der Waals surface area contributed by atoms with E-state index in [0.717, 1.165) is 18.8 Å². The fraction of sp³-hybridized carbons (Fsp3) is 0.500. The van der Waals surface area contributed by atoms with Gasteiger partial charge in [-0.15, -0.1) is 0 Å². The predicted molar refractivity (Wildman–Crippen MR) is 63.2 cm³/mol. The molecule has 1 aliphatic heterocycles. The van der Waals surface area contributed by atoms with Crippen LogP contribution in [0, 0.1) is 11.3 Å². The summed E-state index contributed by atoms with van der Waals surface area (Å²) in [7, 11) is 1.96. The van der Waals surface area contributed by atoms with E-state index in [0.29, 0.717) is 11.7 Å². The second-order valence-electron chi connectivity index (χ2n) is 4.03. The van der Waals surface area contributed by atoms with Gasteiger partial charge in [-0.05, 0) is 32.0 Å². The number of pyridine rings is 1. The number of hydrogen-bond acceptors (Lipinski definition) is 4. The van der Waals surface area contributed by atoms with Gasteiger partial charge in [-0.1, -0.05) is 0 Å². The zero-order chi connectivity index (χ0) is 11.4. The highest BCUT2D eigenvalue weighted by atomic mass is 15.2. The van der Waals surface area contributed by atoms with Crippen LogP contribution in [0.3, 0.4) is 0 Å². The van der Waals surface area contributed by atoms with Crippen LogP contribution in [0.1, 0.15) is 18.5 Å². The van der Waals surface area contributed by atoms with Crippen molar-refractivity contribution in [3.8, 4) is 6.07 Å². The molecule has 1 aliphatic rings. The Balaban J connectivity index is 2.26. The molecule has 1 aromatic rings. The number of likely N-dealkylation sites (N-methyl/N-ethyl adjacent to an activating group) is 1. The molecular weight excluding hydrogens is 200 g/mol. The zero-order valence-corrected chi connectivity index (χ0v) is 9.48. The molecule has 2 rings (SSSR count). The van der Waals surface area contributed by atoms with E-state index >= 15 is 0 Å². The highest BCUT2D eigenvalue weighted by molar-refractivity contribution is 5.57. The lowest BCUT2D eigenvalue weighted by Gasteiger charge is -2.26. The number of nitrogens with zero attached hydrogens (tertiary/aromatic N) is 3. The number of nitriles is 1. The summed E-state index contributed by atoms with van der Waals surface area (Å²) in [6.07, 6.45) is 4.04. The highest BCUT2D eigenvalue weighted by Gasteiger charge is 2.25. The third-order valence-electron chi connectivity index (χ3n) is 3.02. The van der Waals surface area contributed by atoms with Crippen molar-refractivity contribution in [3.63, 3.8) is 0 Å². The minimum atomic E-state index is 0.487. The van der Waals surface area contributed by atoms with Gasteiger partial charge in [0.2, 0.25) is 0 Å². The van der Waals surface area contributed by atoms with Gasteiger partial charge in [-0.25, -0.2) is 4.98 Å². The summed E-state index contributed by atoms with van der Waals surface area (Å²) < 4.78 is 0. The Morgan fingerprint density at radius 1 is 1.69 bits per heavy atom. The van der Waals surface area contributed by atoms with Crippen LogP contribution in [-0.4, -0.2) is 31.2 Å². The smallest absolute Gasteiger partial charge is 0.163 e. The molecule has 1 N–H and O–H groups in total. The van der Waals surface area contributed by atoms with Crippen molar-refractivity contribution < 1.29 is 0 Å². The van der Waals surface area contributed by atoms with Crippen LogP contribution in [0.25, 0.3) is 0 Å². The largest absolute Gasteiger partial charge is 0.365 e. The Kier molecular flexibility index (Phi) is 3.37. The maximum Gasteiger partial charge on any atom is 0.163 e. The van der Waals surface area contributed by atoms with E-state index < -0.39 is 0 Å². The molecule has 0 bridgehead atoms. The summed E-state index contributed by atoms with van der Waals surface area (Å²) in [5, 5.41) is 12.2. The Morgan fingerprint density at radius 2 is 2.56 bits per heavy atom. The van der Waals surface area contributed by atoms with Crippen molar-refractivity contribution in [1.82, 2.24) is 10.3 Å². The van der Waals surface area contributed by atoms with Gasteiger partial charge in [-0.3, -0.25) is 0 Å². The molecule has 0 radical (unpaired) electrons. The molecule has 1 saturated heterocycles. The van der Waals surface area contributed by atoms with Crippen molar-refractivity contribution in [2.45, 2.75) is 18.9 Å². The second-order valence-corrected chi connectivity index (χ2v) is 4.03. The van der Waals surface area contributed by atoms with Crippen LogP contribution < -0.4 is 10.2 Å². The van der Waals surface area contributed by atoms with E-state index in [9.17, 15) is 0 Å². The summed E-state index contributed by atoms with van der Waals surface area (Å²) in [4.78, 5) is 6.41. The summed E-state index contributed by atoms with van der Waals surface area (Å²) in [6, 6.07) is 6.53. The molecule has 4 nitrogen and oxygen atoms in total. The average molecular weight is 216 g/mol. The third-order valence-corrected chi connectivity index (χ3v) is 3.02. The molecule has 0 saturated carbocycles. The van der Waals surface area contributed by atoms with Crippen molar-refractivity contribution in [2.75, 3.05) is 25.0 Å². The van der Waals surface area contributed by atoms with E-state index in [-0.39, 0.29) is 0 Å². The molecule has 0 amide bonds. The Bertz CT molecular complexity index is 396. The Morgan fingerprint density at radius 3 is 3.31 bits per heavy atom. The first-order chi connectivity index (χ1) is 7.86. The van der Waals surface area contributed by atoms with Gasteiger partial charge in [0, 0.05) is 25.3 Å². The second kappa shape index (κ2) is 4.95. The van der Waals surface area contributed by atoms with Crippen molar-refractivity contribution in [3.05, 3.63) is 24.0 Å². The lowest BCUT2D eigenvalue weighted by Crippen LogP contribution is -2.37. The summed E-state index contributed by atoms with van der Waals surface area (Å²) in [6.45, 7) is 1.98. The first-order valence-electron chi connectivity index (χ1n) is 5.63. The van der Waals surface area contributed by atoms with Crippen molar-refractivity contribution in [2.24, 2.45) is 0 Å². The van der Waals surface area contributed by atoms with Crippen LogP contribution in [0.5, 0.6) is 0 Å². The van der Waals surface area contributed by atoms with Crippen LogP contribution in [0.4, 0.5) is 5.69 Å². The zero-order valence-electron chi connectivity index (χ0n) is 9.48. The molecular formula is C12H16N4. The van der Waals surface area contributed by atoms with Gasteiger partial charge in [0.05, 0.1) is 5.69 Å². The lowest BCUT2D eigenvalue weighted by atomic mass is 10.2. The van der Waals surface area contributed by atoms with Crippen LogP contribution in [0.2, 0.25) is 0 Å². The van der Waals surface area contributed by atoms with Crippen molar-refractivity contribution >= 4 is 5.69 Å². The minimum absolute atomic E-state index is 0.487. The maximum atomic E-state index is 9.04. The molecule has 2 heterocycles. The number of rotatable bonds is 3. The van der Waals surface area contributed by atoms with E-state index in [1.165, 1.54) is 12.8 Å². The normalized spacial score (nSPS) is 19.8. The monoisotopic (exact) mass is 216 g/mol. The Hall–Kier alpha value is -1.60. The molecule has 4 heteroatoms.